The van der Waals surface area contributed by atoms with Crippen LogP contribution in [0, 0.1) is 19.8 Å². The normalized spacial score (nSPS) is 14.2. The zero-order chi connectivity index (χ0) is 14.1. The van der Waals surface area contributed by atoms with E-state index in [0.717, 1.165) is 0 Å². The van der Waals surface area contributed by atoms with Crippen molar-refractivity contribution >= 4 is 21.6 Å². The quantitative estimate of drug-likeness (QED) is 0.838. The molecule has 0 fully saturated rings. The Morgan fingerprint density at radius 2 is 1.94 bits per heavy atom. The number of alkyl halides is 1. The number of sulfonamides is 1. The second-order valence-corrected chi connectivity index (χ2v) is 7.00. The lowest BCUT2D eigenvalue weighted by molar-refractivity contribution is 0.555. The fourth-order valence-electron chi connectivity index (χ4n) is 1.64. The Morgan fingerprint density at radius 1 is 1.39 bits per heavy atom. The van der Waals surface area contributed by atoms with Gasteiger partial charge in [-0.2, -0.15) is 5.10 Å². The second kappa shape index (κ2) is 5.59. The van der Waals surface area contributed by atoms with Crippen molar-refractivity contribution in [2.24, 2.45) is 13.0 Å². The lowest BCUT2D eigenvalue weighted by Crippen LogP contribution is -2.32. The summed E-state index contributed by atoms with van der Waals surface area (Å²) >= 11 is 6.05. The van der Waals surface area contributed by atoms with Crippen molar-refractivity contribution in [3.63, 3.8) is 0 Å². The van der Waals surface area contributed by atoms with Gasteiger partial charge in [0, 0.05) is 19.0 Å². The van der Waals surface area contributed by atoms with Gasteiger partial charge in [-0.25, -0.2) is 13.1 Å². The standard InChI is InChI=1S/C11H20ClN3O2S/c1-7(2)10(12)6-13-18(16,17)11-8(3)14-15(5)9(11)4/h7,10,13H,6H2,1-5H3. The lowest BCUT2D eigenvalue weighted by Gasteiger charge is -2.14. The van der Waals surface area contributed by atoms with Crippen LogP contribution in [0.25, 0.3) is 0 Å². The fourth-order valence-corrected chi connectivity index (χ4v) is 3.30. The van der Waals surface area contributed by atoms with E-state index in [0.29, 0.717) is 11.4 Å². The van der Waals surface area contributed by atoms with Crippen LogP contribution in [0.1, 0.15) is 25.2 Å². The molecule has 1 N–H and O–H groups in total. The van der Waals surface area contributed by atoms with Crippen LogP contribution in [-0.4, -0.2) is 30.1 Å². The van der Waals surface area contributed by atoms with E-state index in [1.54, 1.807) is 25.6 Å². The molecule has 7 heteroatoms. The van der Waals surface area contributed by atoms with Crippen molar-refractivity contribution in [1.29, 1.82) is 0 Å². The van der Waals surface area contributed by atoms with Crippen molar-refractivity contribution < 1.29 is 8.42 Å². The fraction of sp³-hybridized carbons (Fsp3) is 0.727. The van der Waals surface area contributed by atoms with Gasteiger partial charge in [-0.3, -0.25) is 4.68 Å². The summed E-state index contributed by atoms with van der Waals surface area (Å²) in [4.78, 5) is 0.248. The number of nitrogens with one attached hydrogen (secondary N) is 1. The summed E-state index contributed by atoms with van der Waals surface area (Å²) in [6, 6.07) is 0. The predicted octanol–water partition coefficient (Wildman–Crippen LogP) is 1.58. The van der Waals surface area contributed by atoms with Crippen molar-refractivity contribution in [3.8, 4) is 0 Å². The van der Waals surface area contributed by atoms with Crippen LogP contribution in [0.15, 0.2) is 4.90 Å². The van der Waals surface area contributed by atoms with Gasteiger partial charge < -0.3 is 0 Å². The molecule has 0 bridgehead atoms. The molecule has 0 radical (unpaired) electrons. The summed E-state index contributed by atoms with van der Waals surface area (Å²) in [6.45, 7) is 7.53. The van der Waals surface area contributed by atoms with Crippen LogP contribution in [-0.2, 0) is 17.1 Å². The molecular weight excluding hydrogens is 274 g/mol. The minimum atomic E-state index is -3.55. The Hall–Kier alpha value is -0.590. The molecule has 0 spiro atoms. The number of hydrogen-bond acceptors (Lipinski definition) is 3. The van der Waals surface area contributed by atoms with Gasteiger partial charge in [-0.1, -0.05) is 13.8 Å². The molecule has 1 rings (SSSR count). The molecule has 0 aliphatic rings. The third-order valence-electron chi connectivity index (χ3n) is 2.90. The van der Waals surface area contributed by atoms with Gasteiger partial charge >= 0.3 is 0 Å². The maximum atomic E-state index is 12.2. The van der Waals surface area contributed by atoms with E-state index in [2.05, 4.69) is 9.82 Å². The summed E-state index contributed by atoms with van der Waals surface area (Å²) in [5.74, 6) is 0.213. The van der Waals surface area contributed by atoms with E-state index < -0.39 is 10.0 Å². The van der Waals surface area contributed by atoms with Gasteiger partial charge in [-0.05, 0) is 19.8 Å². The second-order valence-electron chi connectivity index (χ2n) is 4.74. The van der Waals surface area contributed by atoms with Crippen LogP contribution < -0.4 is 4.72 Å². The Balaban J connectivity index is 2.94. The summed E-state index contributed by atoms with van der Waals surface area (Å²) in [5.41, 5.74) is 1.12. The van der Waals surface area contributed by atoms with Crippen LogP contribution >= 0.6 is 11.6 Å². The van der Waals surface area contributed by atoms with E-state index in [-0.39, 0.29) is 22.7 Å². The molecule has 1 aromatic rings. The molecule has 1 atom stereocenters. The van der Waals surface area contributed by atoms with E-state index in [1.165, 1.54) is 0 Å². The first-order valence-electron chi connectivity index (χ1n) is 5.80. The maximum Gasteiger partial charge on any atom is 0.244 e. The summed E-state index contributed by atoms with van der Waals surface area (Å²) in [7, 11) is -1.83. The van der Waals surface area contributed by atoms with Gasteiger partial charge in [0.05, 0.1) is 11.4 Å². The molecular formula is C11H20ClN3O2S. The molecule has 18 heavy (non-hydrogen) atoms. The largest absolute Gasteiger partial charge is 0.271 e. The summed E-state index contributed by atoms with van der Waals surface area (Å²) in [6.07, 6.45) is 0. The van der Waals surface area contributed by atoms with Crippen LogP contribution in [0.4, 0.5) is 0 Å². The van der Waals surface area contributed by atoms with E-state index >= 15 is 0 Å². The monoisotopic (exact) mass is 293 g/mol. The van der Waals surface area contributed by atoms with E-state index in [9.17, 15) is 8.42 Å². The van der Waals surface area contributed by atoms with Gasteiger partial charge in [0.2, 0.25) is 10.0 Å². The van der Waals surface area contributed by atoms with E-state index in [4.69, 9.17) is 11.6 Å². The highest BCUT2D eigenvalue weighted by atomic mass is 35.5. The Labute approximate surface area is 114 Å². The first kappa shape index (κ1) is 15.5. The molecule has 1 aromatic heterocycles. The van der Waals surface area contributed by atoms with E-state index in [1.807, 2.05) is 13.8 Å². The molecule has 0 saturated carbocycles. The summed E-state index contributed by atoms with van der Waals surface area (Å²) in [5, 5.41) is 3.88. The van der Waals surface area contributed by atoms with Gasteiger partial charge in [0.1, 0.15) is 4.90 Å². The van der Waals surface area contributed by atoms with Crippen LogP contribution in [0.5, 0.6) is 0 Å². The maximum absolute atomic E-state index is 12.2. The minimum absolute atomic E-state index is 0.213. The number of rotatable bonds is 5. The number of nitrogens with zero attached hydrogens (tertiary/aromatic N) is 2. The van der Waals surface area contributed by atoms with Crippen molar-refractivity contribution in [3.05, 3.63) is 11.4 Å². The smallest absolute Gasteiger partial charge is 0.244 e. The average Bonchev–Trinajstić information content (AvgIpc) is 2.50. The molecule has 0 aromatic carbocycles. The highest BCUT2D eigenvalue weighted by molar-refractivity contribution is 7.89. The lowest BCUT2D eigenvalue weighted by atomic mass is 10.1. The third kappa shape index (κ3) is 3.24. The minimum Gasteiger partial charge on any atom is -0.271 e. The first-order valence-corrected chi connectivity index (χ1v) is 7.72. The number of aryl methyl sites for hydroxylation is 2. The Kier molecular flexibility index (Phi) is 4.80. The molecule has 0 aliphatic carbocycles. The third-order valence-corrected chi connectivity index (χ3v) is 5.24. The van der Waals surface area contributed by atoms with Crippen molar-refractivity contribution in [2.45, 2.75) is 38.0 Å². The van der Waals surface area contributed by atoms with Gasteiger partial charge in [0.25, 0.3) is 0 Å². The van der Waals surface area contributed by atoms with Gasteiger partial charge in [0.15, 0.2) is 0 Å². The highest BCUT2D eigenvalue weighted by Gasteiger charge is 2.24. The van der Waals surface area contributed by atoms with Gasteiger partial charge in [-0.15, -0.1) is 11.6 Å². The Bertz CT molecular complexity index is 523. The molecule has 1 heterocycles. The molecule has 5 nitrogen and oxygen atoms in total. The van der Waals surface area contributed by atoms with Crippen LogP contribution in [0.3, 0.4) is 0 Å². The molecule has 0 saturated heterocycles. The molecule has 0 aliphatic heterocycles. The number of aromatic nitrogens is 2. The highest BCUT2D eigenvalue weighted by Crippen LogP contribution is 2.18. The molecule has 104 valence electrons. The van der Waals surface area contributed by atoms with Crippen LogP contribution in [0.2, 0.25) is 0 Å². The first-order chi connectivity index (χ1) is 8.16. The SMILES string of the molecule is Cc1nn(C)c(C)c1S(=O)(=O)NCC(Cl)C(C)C. The topological polar surface area (TPSA) is 64.0 Å². The molecule has 1 unspecified atom stereocenters. The van der Waals surface area contributed by atoms with Crippen molar-refractivity contribution in [1.82, 2.24) is 14.5 Å². The predicted molar refractivity (Wildman–Crippen MR) is 72.3 cm³/mol. The van der Waals surface area contributed by atoms with Crippen molar-refractivity contribution in [2.75, 3.05) is 6.54 Å². The zero-order valence-corrected chi connectivity index (χ0v) is 12.9. The summed E-state index contributed by atoms with van der Waals surface area (Å²) < 4.78 is 28.5. The molecule has 0 amide bonds. The average molecular weight is 294 g/mol. The Morgan fingerprint density at radius 3 is 2.33 bits per heavy atom. The number of halogens is 1. The number of hydrogen-bond donors (Lipinski definition) is 1. The zero-order valence-electron chi connectivity index (χ0n) is 11.4.